The van der Waals surface area contributed by atoms with Gasteiger partial charge in [-0.15, -0.1) is 0 Å². The van der Waals surface area contributed by atoms with Gasteiger partial charge in [0.25, 0.3) is 0 Å². The number of halogens is 2. The smallest absolute Gasteiger partial charge is 0.197 e. The fourth-order valence-corrected chi connectivity index (χ4v) is 5.64. The van der Waals surface area contributed by atoms with Crippen molar-refractivity contribution in [3.8, 4) is 17.2 Å². The Morgan fingerprint density at radius 1 is 1.08 bits per heavy atom. The van der Waals surface area contributed by atoms with Gasteiger partial charge in [-0.1, -0.05) is 20.8 Å². The minimum atomic E-state index is -0.531. The van der Waals surface area contributed by atoms with Gasteiger partial charge in [0.2, 0.25) is 0 Å². The lowest BCUT2D eigenvalue weighted by atomic mass is 9.84. The molecule has 38 heavy (non-hydrogen) atoms. The summed E-state index contributed by atoms with van der Waals surface area (Å²) in [6, 6.07) is 5.67. The van der Waals surface area contributed by atoms with E-state index in [0.29, 0.717) is 48.0 Å². The molecule has 0 amide bonds. The third-order valence-electron chi connectivity index (χ3n) is 7.01. The first-order chi connectivity index (χ1) is 18.1. The van der Waals surface area contributed by atoms with Gasteiger partial charge in [0, 0.05) is 30.8 Å². The van der Waals surface area contributed by atoms with Gasteiger partial charge in [-0.25, -0.2) is 4.39 Å². The van der Waals surface area contributed by atoms with Crippen molar-refractivity contribution in [3.63, 3.8) is 0 Å². The number of fused-ring (bicyclic) bond motifs is 1. The van der Waals surface area contributed by atoms with Crippen LogP contribution in [0.25, 0.3) is 0 Å². The van der Waals surface area contributed by atoms with Gasteiger partial charge in [0.05, 0.1) is 54.3 Å². The summed E-state index contributed by atoms with van der Waals surface area (Å²) in [6.07, 6.45) is 2.23. The van der Waals surface area contributed by atoms with Crippen molar-refractivity contribution >= 4 is 33.5 Å². The Balaban J connectivity index is 1.70. The van der Waals surface area contributed by atoms with Crippen LogP contribution in [0.3, 0.4) is 0 Å². The number of Topliss-reactive ketones (excluding diaryl/α,β-unsaturated/α-hetero) is 1. The Hall–Kier alpha value is -2.81. The van der Waals surface area contributed by atoms with Crippen molar-refractivity contribution in [2.24, 2.45) is 4.02 Å². The summed E-state index contributed by atoms with van der Waals surface area (Å²) in [7, 11) is 1.69. The number of carbonyl (C=O) groups excluding carboxylic acids is 1. The molecule has 0 aliphatic carbocycles. The molecule has 4 rings (SSSR count). The number of hydrogen-bond donors (Lipinski definition) is 0. The van der Waals surface area contributed by atoms with Crippen molar-refractivity contribution in [3.05, 3.63) is 46.3 Å². The number of rotatable bonds is 9. The van der Waals surface area contributed by atoms with Crippen LogP contribution in [0.5, 0.6) is 17.2 Å². The van der Waals surface area contributed by atoms with E-state index in [1.807, 2.05) is 19.1 Å². The summed E-state index contributed by atoms with van der Waals surface area (Å²) in [5.74, 6) is 0.996. The highest BCUT2D eigenvalue weighted by Gasteiger charge is 2.35. The molecule has 2 aromatic carbocycles. The first kappa shape index (κ1) is 28.2. The maximum atomic E-state index is 15.7. The molecule has 2 aliphatic rings. The van der Waals surface area contributed by atoms with E-state index in [2.05, 4.69) is 45.8 Å². The largest absolute Gasteiger partial charge is 0.494 e. The van der Waals surface area contributed by atoms with Gasteiger partial charge in [0.1, 0.15) is 11.6 Å². The van der Waals surface area contributed by atoms with Crippen LogP contribution in [0.4, 0.5) is 10.1 Å². The molecule has 0 radical (unpaired) electrons. The number of hydrogen-bond acceptors (Lipinski definition) is 6. The monoisotopic (exact) mass is 589 g/mol. The van der Waals surface area contributed by atoms with E-state index in [1.54, 1.807) is 25.0 Å². The Bertz CT molecular complexity index is 1240. The number of nitrogens with zero attached hydrogens (tertiary/aromatic N) is 3. The molecule has 2 aromatic rings. The van der Waals surface area contributed by atoms with Gasteiger partial charge in [0.15, 0.2) is 23.1 Å². The van der Waals surface area contributed by atoms with Gasteiger partial charge < -0.3 is 24.0 Å². The van der Waals surface area contributed by atoms with Crippen LogP contribution >= 0.6 is 16.1 Å². The second kappa shape index (κ2) is 11.5. The number of ether oxygens (including phenoxy) is 3. The molecule has 2 heterocycles. The maximum absolute atomic E-state index is 15.7. The highest BCUT2D eigenvalue weighted by Crippen LogP contribution is 2.42. The number of amidine groups is 1. The highest BCUT2D eigenvalue weighted by molar-refractivity contribution is 9.08. The van der Waals surface area contributed by atoms with Crippen molar-refractivity contribution < 1.29 is 23.4 Å². The summed E-state index contributed by atoms with van der Waals surface area (Å²) in [4.78, 5) is 17.8. The topological polar surface area (TPSA) is 63.6 Å². The standard InChI is InChI=1S/C29H37BrFN3O4/c1-7-37-23-15-19-16-34(28(32-30)24(19)25(31)27(23)38-8-2)17-22(35)18-13-20(29(3,4)5)26(36-6)21(14-18)33-11-9-10-12-33/h13-15H,7-12,16-17H2,1-6H3/b32-28-. The molecule has 1 saturated heterocycles. The number of anilines is 1. The van der Waals surface area contributed by atoms with E-state index in [4.69, 9.17) is 14.2 Å². The van der Waals surface area contributed by atoms with Gasteiger partial charge in [-0.2, -0.15) is 4.02 Å². The summed E-state index contributed by atoms with van der Waals surface area (Å²) >= 11 is 3.17. The van der Waals surface area contributed by atoms with Gasteiger partial charge in [-0.3, -0.25) is 4.79 Å². The summed E-state index contributed by atoms with van der Waals surface area (Å²) in [6.45, 7) is 12.9. The van der Waals surface area contributed by atoms with Crippen molar-refractivity contribution in [1.29, 1.82) is 0 Å². The van der Waals surface area contributed by atoms with E-state index in [9.17, 15) is 4.79 Å². The van der Waals surface area contributed by atoms with Crippen LogP contribution < -0.4 is 19.1 Å². The summed E-state index contributed by atoms with van der Waals surface area (Å²) in [5.41, 5.74) is 3.34. The van der Waals surface area contributed by atoms with E-state index < -0.39 is 5.82 Å². The second-order valence-corrected chi connectivity index (χ2v) is 11.0. The third kappa shape index (κ3) is 5.35. The lowest BCUT2D eigenvalue weighted by molar-refractivity contribution is 0.0963. The van der Waals surface area contributed by atoms with E-state index in [0.717, 1.165) is 42.9 Å². The lowest BCUT2D eigenvalue weighted by Crippen LogP contribution is -2.31. The molecule has 0 bridgehead atoms. The van der Waals surface area contributed by atoms with Crippen LogP contribution in [0.1, 0.15) is 74.5 Å². The number of methoxy groups -OCH3 is 1. The van der Waals surface area contributed by atoms with E-state index >= 15 is 4.39 Å². The molecular formula is C29H37BrFN3O4. The molecule has 2 aliphatic heterocycles. The second-order valence-electron chi connectivity index (χ2n) is 10.6. The van der Waals surface area contributed by atoms with Gasteiger partial charge >= 0.3 is 0 Å². The first-order valence-electron chi connectivity index (χ1n) is 13.2. The van der Waals surface area contributed by atoms with Crippen molar-refractivity contribution in [2.75, 3.05) is 44.9 Å². The van der Waals surface area contributed by atoms with Crippen LogP contribution in [0.15, 0.2) is 22.2 Å². The maximum Gasteiger partial charge on any atom is 0.197 e. The van der Waals surface area contributed by atoms with E-state index in [1.165, 1.54) is 0 Å². The Kier molecular flexibility index (Phi) is 8.55. The molecule has 0 saturated carbocycles. The van der Waals surface area contributed by atoms with Crippen LogP contribution in [0.2, 0.25) is 0 Å². The predicted octanol–water partition coefficient (Wildman–Crippen LogP) is 6.28. The summed E-state index contributed by atoms with van der Waals surface area (Å²) in [5, 5.41) is 0. The molecular weight excluding hydrogens is 553 g/mol. The first-order valence-corrected chi connectivity index (χ1v) is 13.9. The molecule has 0 spiro atoms. The number of benzene rings is 2. The van der Waals surface area contributed by atoms with Gasteiger partial charge in [-0.05, 0) is 55.9 Å². The van der Waals surface area contributed by atoms with Crippen molar-refractivity contribution in [1.82, 2.24) is 4.90 Å². The fraction of sp³-hybridized carbons (Fsp3) is 0.517. The average molecular weight is 591 g/mol. The molecule has 9 heteroatoms. The zero-order valence-corrected chi connectivity index (χ0v) is 24.7. The van der Waals surface area contributed by atoms with Crippen LogP contribution in [-0.2, 0) is 12.0 Å². The number of ketones is 1. The normalized spacial score (nSPS) is 16.3. The molecule has 206 valence electrons. The van der Waals surface area contributed by atoms with Crippen LogP contribution in [-0.4, -0.2) is 56.5 Å². The Morgan fingerprint density at radius 3 is 2.34 bits per heavy atom. The molecule has 1 fully saturated rings. The van der Waals surface area contributed by atoms with Crippen LogP contribution in [0, 0.1) is 5.82 Å². The quantitative estimate of drug-likeness (QED) is 0.320. The minimum absolute atomic E-state index is 0.0435. The number of carbonyl (C=O) groups is 1. The molecule has 7 nitrogen and oxygen atoms in total. The van der Waals surface area contributed by atoms with E-state index in [-0.39, 0.29) is 23.5 Å². The Morgan fingerprint density at radius 2 is 1.76 bits per heavy atom. The zero-order valence-electron chi connectivity index (χ0n) is 23.1. The zero-order chi connectivity index (χ0) is 27.6. The lowest BCUT2D eigenvalue weighted by Gasteiger charge is -2.29. The summed E-state index contributed by atoms with van der Waals surface area (Å²) < 4.78 is 37.0. The third-order valence-corrected chi connectivity index (χ3v) is 7.34. The minimum Gasteiger partial charge on any atom is -0.494 e. The fourth-order valence-electron chi connectivity index (χ4n) is 5.24. The molecule has 0 atom stereocenters. The molecule has 0 aromatic heterocycles. The molecule has 0 unspecified atom stereocenters. The Labute approximate surface area is 233 Å². The predicted molar refractivity (Wildman–Crippen MR) is 152 cm³/mol. The average Bonchev–Trinajstić information content (AvgIpc) is 3.53. The SMILES string of the molecule is CCOc1cc2c(c(F)c1OCC)/C(=N/Br)N(CC(=O)c1cc(N3CCCC3)c(OC)c(C(C)(C)C)c1)C2. The highest BCUT2D eigenvalue weighted by atomic mass is 79.9. The molecule has 0 N–H and O–H groups in total. The van der Waals surface area contributed by atoms with Crippen molar-refractivity contribution in [2.45, 2.75) is 59.4 Å².